The molecule has 1 aliphatic rings. The SMILES string of the molecule is CCOc1ccc2ccc(OCC)c(/C=C3\C(=O)NC(=O)N(c4ccc(OC)cc4)C3=O)c2c1. The van der Waals surface area contributed by atoms with E-state index in [1.807, 2.05) is 38.1 Å². The number of anilines is 1. The summed E-state index contributed by atoms with van der Waals surface area (Å²) in [6.45, 7) is 4.62. The minimum Gasteiger partial charge on any atom is -0.497 e. The Balaban J connectivity index is 1.85. The van der Waals surface area contributed by atoms with Gasteiger partial charge in [0.25, 0.3) is 11.8 Å². The molecule has 3 aromatic rings. The van der Waals surface area contributed by atoms with Crippen LogP contribution in [0.1, 0.15) is 19.4 Å². The highest BCUT2D eigenvalue weighted by molar-refractivity contribution is 6.39. The van der Waals surface area contributed by atoms with Crippen molar-refractivity contribution in [1.29, 1.82) is 0 Å². The van der Waals surface area contributed by atoms with E-state index in [9.17, 15) is 14.4 Å². The highest BCUT2D eigenvalue weighted by Crippen LogP contribution is 2.34. The van der Waals surface area contributed by atoms with Crippen molar-refractivity contribution in [1.82, 2.24) is 5.32 Å². The van der Waals surface area contributed by atoms with Gasteiger partial charge in [0.15, 0.2) is 0 Å². The van der Waals surface area contributed by atoms with Crippen LogP contribution in [0.15, 0.2) is 60.2 Å². The molecule has 1 fully saturated rings. The first kappa shape index (κ1) is 22.8. The van der Waals surface area contributed by atoms with Gasteiger partial charge in [-0.3, -0.25) is 14.9 Å². The molecular weight excluding hydrogens is 436 g/mol. The van der Waals surface area contributed by atoms with Crippen LogP contribution in [-0.4, -0.2) is 38.2 Å². The van der Waals surface area contributed by atoms with E-state index in [4.69, 9.17) is 14.2 Å². The van der Waals surface area contributed by atoms with Crippen molar-refractivity contribution in [2.24, 2.45) is 0 Å². The zero-order valence-electron chi connectivity index (χ0n) is 19.1. The summed E-state index contributed by atoms with van der Waals surface area (Å²) in [6, 6.07) is 14.9. The van der Waals surface area contributed by atoms with Gasteiger partial charge < -0.3 is 14.2 Å². The van der Waals surface area contributed by atoms with E-state index >= 15 is 0 Å². The third-order valence-corrected chi connectivity index (χ3v) is 5.33. The number of methoxy groups -OCH3 is 1. The zero-order valence-corrected chi connectivity index (χ0v) is 19.1. The van der Waals surface area contributed by atoms with Crippen LogP contribution in [0.3, 0.4) is 0 Å². The number of barbiturate groups is 1. The lowest BCUT2D eigenvalue weighted by molar-refractivity contribution is -0.122. The quantitative estimate of drug-likeness (QED) is 0.417. The van der Waals surface area contributed by atoms with Crippen molar-refractivity contribution in [3.63, 3.8) is 0 Å². The topological polar surface area (TPSA) is 94.2 Å². The number of imide groups is 2. The molecule has 8 heteroatoms. The molecule has 0 bridgehead atoms. The Morgan fingerprint density at radius 3 is 2.24 bits per heavy atom. The van der Waals surface area contributed by atoms with E-state index in [1.165, 1.54) is 13.2 Å². The number of benzene rings is 3. The molecule has 0 radical (unpaired) electrons. The van der Waals surface area contributed by atoms with Gasteiger partial charge in [0.1, 0.15) is 22.8 Å². The largest absolute Gasteiger partial charge is 0.497 e. The number of hydrogen-bond acceptors (Lipinski definition) is 6. The highest BCUT2D eigenvalue weighted by Gasteiger charge is 2.37. The molecule has 174 valence electrons. The van der Waals surface area contributed by atoms with Crippen LogP contribution in [0, 0.1) is 0 Å². The highest BCUT2D eigenvalue weighted by atomic mass is 16.5. The van der Waals surface area contributed by atoms with E-state index in [0.717, 1.165) is 15.7 Å². The van der Waals surface area contributed by atoms with E-state index in [-0.39, 0.29) is 5.57 Å². The second kappa shape index (κ2) is 9.66. The number of amides is 4. The Labute approximate surface area is 196 Å². The maximum atomic E-state index is 13.4. The van der Waals surface area contributed by atoms with Gasteiger partial charge in [-0.2, -0.15) is 0 Å². The maximum absolute atomic E-state index is 13.4. The molecule has 4 amide bonds. The molecule has 0 spiro atoms. The summed E-state index contributed by atoms with van der Waals surface area (Å²) >= 11 is 0. The van der Waals surface area contributed by atoms with Crippen molar-refractivity contribution in [2.75, 3.05) is 25.2 Å². The van der Waals surface area contributed by atoms with Gasteiger partial charge in [-0.25, -0.2) is 9.69 Å². The summed E-state index contributed by atoms with van der Waals surface area (Å²) < 4.78 is 16.6. The fourth-order valence-corrected chi connectivity index (χ4v) is 3.76. The van der Waals surface area contributed by atoms with Gasteiger partial charge in [0.05, 0.1) is 26.0 Å². The molecule has 0 saturated carbocycles. The number of rotatable bonds is 7. The number of nitrogens with one attached hydrogen (secondary N) is 1. The third kappa shape index (κ3) is 4.30. The maximum Gasteiger partial charge on any atom is 0.335 e. The van der Waals surface area contributed by atoms with Crippen molar-refractivity contribution in [2.45, 2.75) is 13.8 Å². The van der Waals surface area contributed by atoms with Crippen LogP contribution in [0.4, 0.5) is 10.5 Å². The van der Waals surface area contributed by atoms with Crippen LogP contribution < -0.4 is 24.4 Å². The standard InChI is InChI=1S/C26H24N2O6/c1-4-33-19-10-6-16-7-13-23(34-5-2)21(20(16)14-19)15-22-24(29)27-26(31)28(25(22)30)17-8-11-18(32-3)12-9-17/h6-15H,4-5H2,1-3H3,(H,27,29,31)/b22-15+. The molecule has 1 saturated heterocycles. The summed E-state index contributed by atoms with van der Waals surface area (Å²) in [5.74, 6) is 0.213. The van der Waals surface area contributed by atoms with Gasteiger partial charge in [0.2, 0.25) is 0 Å². The smallest absolute Gasteiger partial charge is 0.335 e. The molecule has 0 unspecified atom stereocenters. The number of ether oxygens (including phenoxy) is 3. The lowest BCUT2D eigenvalue weighted by atomic mass is 9.99. The average Bonchev–Trinajstić information content (AvgIpc) is 2.83. The lowest BCUT2D eigenvalue weighted by Crippen LogP contribution is -2.54. The first-order chi connectivity index (χ1) is 16.5. The van der Waals surface area contributed by atoms with Gasteiger partial charge in [-0.15, -0.1) is 0 Å². The first-order valence-electron chi connectivity index (χ1n) is 10.8. The van der Waals surface area contributed by atoms with Crippen LogP contribution in [0.5, 0.6) is 17.2 Å². The molecule has 34 heavy (non-hydrogen) atoms. The average molecular weight is 460 g/mol. The summed E-state index contributed by atoms with van der Waals surface area (Å²) in [6.07, 6.45) is 1.46. The Morgan fingerprint density at radius 1 is 0.882 bits per heavy atom. The van der Waals surface area contributed by atoms with Crippen LogP contribution >= 0.6 is 0 Å². The van der Waals surface area contributed by atoms with Gasteiger partial charge in [0, 0.05) is 5.56 Å². The molecule has 3 aromatic carbocycles. The Kier molecular flexibility index (Phi) is 6.49. The minimum absolute atomic E-state index is 0.189. The molecule has 1 aliphatic heterocycles. The van der Waals surface area contributed by atoms with Crippen molar-refractivity contribution in [3.8, 4) is 17.2 Å². The molecule has 0 aromatic heterocycles. The van der Waals surface area contributed by atoms with Crippen LogP contribution in [0.2, 0.25) is 0 Å². The zero-order chi connectivity index (χ0) is 24.2. The van der Waals surface area contributed by atoms with E-state index in [2.05, 4.69) is 5.32 Å². The van der Waals surface area contributed by atoms with E-state index < -0.39 is 17.8 Å². The van der Waals surface area contributed by atoms with E-state index in [1.54, 1.807) is 30.3 Å². The number of fused-ring (bicyclic) bond motifs is 1. The van der Waals surface area contributed by atoms with Crippen molar-refractivity contribution < 1.29 is 28.6 Å². The first-order valence-corrected chi connectivity index (χ1v) is 10.8. The molecule has 1 heterocycles. The monoisotopic (exact) mass is 460 g/mol. The molecular formula is C26H24N2O6. The normalized spacial score (nSPS) is 15.0. The summed E-state index contributed by atoms with van der Waals surface area (Å²) in [7, 11) is 1.52. The number of nitrogens with zero attached hydrogens (tertiary/aromatic N) is 1. The van der Waals surface area contributed by atoms with Crippen molar-refractivity contribution in [3.05, 3.63) is 65.7 Å². The number of carbonyl (C=O) groups is 3. The third-order valence-electron chi connectivity index (χ3n) is 5.33. The van der Waals surface area contributed by atoms with Gasteiger partial charge in [-0.05, 0) is 73.2 Å². The molecule has 0 atom stereocenters. The van der Waals surface area contributed by atoms with Crippen molar-refractivity contribution >= 4 is 40.4 Å². The summed E-state index contributed by atoms with van der Waals surface area (Å²) in [4.78, 5) is 39.6. The van der Waals surface area contributed by atoms with Gasteiger partial charge in [-0.1, -0.05) is 12.1 Å². The second-order valence-electron chi connectivity index (χ2n) is 7.38. The Morgan fingerprint density at radius 2 is 1.56 bits per heavy atom. The second-order valence-corrected chi connectivity index (χ2v) is 7.38. The van der Waals surface area contributed by atoms with Crippen LogP contribution in [0.25, 0.3) is 16.8 Å². The lowest BCUT2D eigenvalue weighted by Gasteiger charge is -2.26. The molecule has 0 aliphatic carbocycles. The van der Waals surface area contributed by atoms with E-state index in [0.29, 0.717) is 41.7 Å². The van der Waals surface area contributed by atoms with Gasteiger partial charge >= 0.3 is 6.03 Å². The minimum atomic E-state index is -0.820. The molecule has 4 rings (SSSR count). The predicted molar refractivity (Wildman–Crippen MR) is 128 cm³/mol. The predicted octanol–water partition coefficient (Wildman–Crippen LogP) is 4.31. The number of hydrogen-bond donors (Lipinski definition) is 1. The molecule has 1 N–H and O–H groups in total. The fraction of sp³-hybridized carbons (Fsp3) is 0.192. The summed E-state index contributed by atoms with van der Waals surface area (Å²) in [5, 5.41) is 3.88. The van der Waals surface area contributed by atoms with Crippen LogP contribution in [-0.2, 0) is 9.59 Å². The number of carbonyl (C=O) groups excluding carboxylic acids is 3. The Hall–Kier alpha value is -4.33. The summed E-state index contributed by atoms with van der Waals surface area (Å²) in [5.41, 5.74) is 0.664. The Bertz CT molecular complexity index is 1290. The number of urea groups is 1. The molecule has 8 nitrogen and oxygen atoms in total. The fourth-order valence-electron chi connectivity index (χ4n) is 3.76.